The molecule has 0 fully saturated rings. The first-order valence-electron chi connectivity index (χ1n) is 7.96. The first-order chi connectivity index (χ1) is 11.5. The molecule has 24 heavy (non-hydrogen) atoms. The number of hydrogen-bond acceptors (Lipinski definition) is 6. The summed E-state index contributed by atoms with van der Waals surface area (Å²) in [6.45, 7) is 3.01. The van der Waals surface area contributed by atoms with Crippen molar-refractivity contribution in [3.63, 3.8) is 0 Å². The fourth-order valence-electron chi connectivity index (χ4n) is 2.93. The Morgan fingerprint density at radius 3 is 2.33 bits per heavy atom. The average Bonchev–Trinajstić information content (AvgIpc) is 2.54. The predicted molar refractivity (Wildman–Crippen MR) is 99.8 cm³/mol. The number of rotatable bonds is 7. The van der Waals surface area contributed by atoms with Crippen LogP contribution in [0.4, 0.5) is 22.7 Å². The first kappa shape index (κ1) is 17.9. The molecule has 0 atom stereocenters. The summed E-state index contributed by atoms with van der Waals surface area (Å²) in [6, 6.07) is 9.17. The minimum atomic E-state index is 0.0152. The van der Waals surface area contributed by atoms with Crippen molar-refractivity contribution in [3.8, 4) is 0 Å². The van der Waals surface area contributed by atoms with Crippen molar-refractivity contribution in [3.05, 3.63) is 47.0 Å². The van der Waals surface area contributed by atoms with Gasteiger partial charge in [-0.15, -0.1) is 0 Å². The molecule has 0 bridgehead atoms. The van der Waals surface area contributed by atoms with Crippen molar-refractivity contribution in [2.24, 2.45) is 0 Å². The molecule has 2 rings (SSSR count). The minimum Gasteiger partial charge on any atom is -0.399 e. The molecule has 0 saturated heterocycles. The average molecular weight is 330 g/mol. The number of benzene rings is 2. The predicted octanol–water partition coefficient (Wildman–Crippen LogP) is 1.28. The van der Waals surface area contributed by atoms with Gasteiger partial charge in [0.1, 0.15) is 0 Å². The molecule has 0 radical (unpaired) electrons. The van der Waals surface area contributed by atoms with E-state index in [9.17, 15) is 10.2 Å². The normalized spacial score (nSPS) is 10.8. The molecule has 130 valence electrons. The number of aliphatic hydroxyl groups is 2. The van der Waals surface area contributed by atoms with E-state index in [0.717, 1.165) is 22.4 Å². The molecule has 0 aromatic heterocycles. The number of anilines is 4. The molecular formula is C18H26N4O2. The summed E-state index contributed by atoms with van der Waals surface area (Å²) in [5.41, 5.74) is 23.7. The van der Waals surface area contributed by atoms with E-state index in [0.29, 0.717) is 36.6 Å². The smallest absolute Gasteiger partial charge is 0.0606 e. The lowest BCUT2D eigenvalue weighted by Gasteiger charge is -2.28. The van der Waals surface area contributed by atoms with E-state index in [1.165, 1.54) is 0 Å². The van der Waals surface area contributed by atoms with Crippen molar-refractivity contribution in [1.29, 1.82) is 0 Å². The van der Waals surface area contributed by atoms with Gasteiger partial charge in [-0.2, -0.15) is 0 Å². The molecule has 0 amide bonds. The molecule has 0 aliphatic carbocycles. The molecule has 0 unspecified atom stereocenters. The molecule has 0 aliphatic heterocycles. The van der Waals surface area contributed by atoms with Gasteiger partial charge in [-0.25, -0.2) is 0 Å². The number of aliphatic hydroxyl groups excluding tert-OH is 2. The van der Waals surface area contributed by atoms with Crippen molar-refractivity contribution in [2.75, 3.05) is 41.9 Å². The Kier molecular flexibility index (Phi) is 5.89. The molecular weight excluding hydrogens is 304 g/mol. The second kappa shape index (κ2) is 7.90. The third-order valence-corrected chi connectivity index (χ3v) is 4.21. The van der Waals surface area contributed by atoms with E-state index in [-0.39, 0.29) is 13.2 Å². The van der Waals surface area contributed by atoms with Gasteiger partial charge in [0.2, 0.25) is 0 Å². The van der Waals surface area contributed by atoms with Crippen molar-refractivity contribution in [2.45, 2.75) is 19.9 Å². The standard InChI is InChI=1S/C18H26N4O2/c1-12-15(6-8-23)17(21)4-5-18(12)22(7-9-24)11-13-10-14(19)2-3-16(13)20/h2-5,10,23-24H,6-9,11,19-21H2,1H3. The van der Waals surface area contributed by atoms with Gasteiger partial charge < -0.3 is 32.3 Å². The fraction of sp³-hybridized carbons (Fsp3) is 0.333. The van der Waals surface area contributed by atoms with Gasteiger partial charge in [-0.1, -0.05) is 0 Å². The van der Waals surface area contributed by atoms with Gasteiger partial charge in [0.15, 0.2) is 0 Å². The Morgan fingerprint density at radius 2 is 1.67 bits per heavy atom. The van der Waals surface area contributed by atoms with E-state index in [2.05, 4.69) is 0 Å². The molecule has 2 aromatic rings. The molecule has 2 aromatic carbocycles. The highest BCUT2D eigenvalue weighted by atomic mass is 16.3. The highest BCUT2D eigenvalue weighted by Crippen LogP contribution is 2.30. The monoisotopic (exact) mass is 330 g/mol. The van der Waals surface area contributed by atoms with Crippen LogP contribution in [0.25, 0.3) is 0 Å². The Hall–Kier alpha value is -2.44. The Balaban J connectivity index is 2.40. The van der Waals surface area contributed by atoms with Gasteiger partial charge >= 0.3 is 0 Å². The van der Waals surface area contributed by atoms with Crippen molar-refractivity contribution < 1.29 is 10.2 Å². The molecule has 6 nitrogen and oxygen atoms in total. The lowest BCUT2D eigenvalue weighted by Crippen LogP contribution is -2.27. The third kappa shape index (κ3) is 3.90. The van der Waals surface area contributed by atoms with Crippen molar-refractivity contribution >= 4 is 22.7 Å². The second-order valence-corrected chi connectivity index (χ2v) is 5.85. The van der Waals surface area contributed by atoms with E-state index in [1.54, 1.807) is 12.1 Å². The summed E-state index contributed by atoms with van der Waals surface area (Å²) in [4.78, 5) is 2.04. The van der Waals surface area contributed by atoms with Crippen LogP contribution in [-0.2, 0) is 13.0 Å². The van der Waals surface area contributed by atoms with Gasteiger partial charge in [0.05, 0.1) is 6.61 Å². The lowest BCUT2D eigenvalue weighted by atomic mass is 10.0. The molecule has 6 heteroatoms. The van der Waals surface area contributed by atoms with Gasteiger partial charge in [0.25, 0.3) is 0 Å². The minimum absolute atomic E-state index is 0.0152. The third-order valence-electron chi connectivity index (χ3n) is 4.21. The van der Waals surface area contributed by atoms with E-state index < -0.39 is 0 Å². The van der Waals surface area contributed by atoms with Crippen LogP contribution in [0.1, 0.15) is 16.7 Å². The Bertz CT molecular complexity index is 704. The summed E-state index contributed by atoms with van der Waals surface area (Å²) in [7, 11) is 0. The first-order valence-corrected chi connectivity index (χ1v) is 7.96. The largest absolute Gasteiger partial charge is 0.399 e. The maximum atomic E-state index is 9.46. The van der Waals surface area contributed by atoms with Crippen LogP contribution >= 0.6 is 0 Å². The van der Waals surface area contributed by atoms with E-state index in [4.69, 9.17) is 17.2 Å². The van der Waals surface area contributed by atoms with Crippen LogP contribution in [0.2, 0.25) is 0 Å². The zero-order valence-electron chi connectivity index (χ0n) is 14.0. The summed E-state index contributed by atoms with van der Waals surface area (Å²) in [5, 5.41) is 18.7. The highest BCUT2D eigenvalue weighted by Gasteiger charge is 2.15. The zero-order chi connectivity index (χ0) is 17.7. The Morgan fingerprint density at radius 1 is 0.958 bits per heavy atom. The summed E-state index contributed by atoms with van der Waals surface area (Å²) in [5.74, 6) is 0. The zero-order valence-corrected chi connectivity index (χ0v) is 14.0. The van der Waals surface area contributed by atoms with Gasteiger partial charge in [-0.3, -0.25) is 0 Å². The maximum absolute atomic E-state index is 9.46. The quantitative estimate of drug-likeness (QED) is 0.487. The van der Waals surface area contributed by atoms with Gasteiger partial charge in [0, 0.05) is 42.4 Å². The van der Waals surface area contributed by atoms with Crippen molar-refractivity contribution in [1.82, 2.24) is 0 Å². The number of nitrogen functional groups attached to an aromatic ring is 3. The Labute approximate surface area is 142 Å². The maximum Gasteiger partial charge on any atom is 0.0606 e. The molecule has 0 heterocycles. The van der Waals surface area contributed by atoms with Gasteiger partial charge in [-0.05, 0) is 60.4 Å². The summed E-state index contributed by atoms with van der Waals surface area (Å²) >= 11 is 0. The summed E-state index contributed by atoms with van der Waals surface area (Å²) < 4.78 is 0. The van der Waals surface area contributed by atoms with Crippen LogP contribution in [0.5, 0.6) is 0 Å². The number of hydrogen-bond donors (Lipinski definition) is 5. The fourth-order valence-corrected chi connectivity index (χ4v) is 2.93. The highest BCUT2D eigenvalue weighted by molar-refractivity contribution is 5.66. The number of nitrogens with zero attached hydrogens (tertiary/aromatic N) is 1. The van der Waals surface area contributed by atoms with E-state index >= 15 is 0 Å². The topological polar surface area (TPSA) is 122 Å². The van der Waals surface area contributed by atoms with Crippen LogP contribution < -0.4 is 22.1 Å². The summed E-state index contributed by atoms with van der Waals surface area (Å²) in [6.07, 6.45) is 0.499. The van der Waals surface area contributed by atoms with Crippen LogP contribution in [-0.4, -0.2) is 30.0 Å². The molecule has 0 aliphatic rings. The van der Waals surface area contributed by atoms with Crippen LogP contribution in [0, 0.1) is 6.92 Å². The molecule has 0 saturated carbocycles. The SMILES string of the molecule is Cc1c(N(CCO)Cc2cc(N)ccc2N)ccc(N)c1CCO. The van der Waals surface area contributed by atoms with E-state index in [1.807, 2.05) is 30.0 Å². The van der Waals surface area contributed by atoms with Crippen LogP contribution in [0.15, 0.2) is 30.3 Å². The lowest BCUT2D eigenvalue weighted by molar-refractivity contribution is 0.299. The second-order valence-electron chi connectivity index (χ2n) is 5.85. The molecule has 8 N–H and O–H groups in total. The molecule has 0 spiro atoms. The van der Waals surface area contributed by atoms with Crippen LogP contribution in [0.3, 0.4) is 0 Å². The number of nitrogens with two attached hydrogens (primary N) is 3.